The highest BCUT2D eigenvalue weighted by Crippen LogP contribution is 2.34. The number of amides is 2. The molecule has 1 aliphatic heterocycles. The van der Waals surface area contributed by atoms with Gasteiger partial charge < -0.3 is 15.3 Å². The number of aliphatic hydroxyl groups excluding tert-OH is 1. The third kappa shape index (κ3) is 4.35. The van der Waals surface area contributed by atoms with Crippen molar-refractivity contribution in [2.45, 2.75) is 45.4 Å². The molecule has 2 atom stereocenters. The first-order valence-electron chi connectivity index (χ1n) is 8.87. The van der Waals surface area contributed by atoms with Crippen molar-refractivity contribution in [2.75, 3.05) is 24.6 Å². The van der Waals surface area contributed by atoms with Gasteiger partial charge in [0.1, 0.15) is 0 Å². The number of nitrogens with zero attached hydrogens (tertiary/aromatic N) is 1. The van der Waals surface area contributed by atoms with E-state index in [1.807, 2.05) is 24.3 Å². The van der Waals surface area contributed by atoms with Crippen LogP contribution in [0.5, 0.6) is 0 Å². The third-order valence-corrected chi connectivity index (χ3v) is 4.77. The van der Waals surface area contributed by atoms with Crippen molar-refractivity contribution in [3.05, 3.63) is 29.8 Å². The zero-order valence-corrected chi connectivity index (χ0v) is 14.6. The van der Waals surface area contributed by atoms with Crippen molar-refractivity contribution < 1.29 is 14.7 Å². The van der Waals surface area contributed by atoms with Crippen LogP contribution in [-0.2, 0) is 9.59 Å². The number of aliphatic hydroxyl groups is 1. The van der Waals surface area contributed by atoms with Crippen molar-refractivity contribution in [3.63, 3.8) is 0 Å². The molecule has 0 spiro atoms. The molecule has 24 heavy (non-hydrogen) atoms. The summed E-state index contributed by atoms with van der Waals surface area (Å²) in [7, 11) is 0. The van der Waals surface area contributed by atoms with Gasteiger partial charge in [0.25, 0.3) is 0 Å². The van der Waals surface area contributed by atoms with E-state index in [4.69, 9.17) is 5.11 Å². The molecular weight excluding hydrogens is 304 g/mol. The van der Waals surface area contributed by atoms with Gasteiger partial charge in [-0.25, -0.2) is 0 Å². The van der Waals surface area contributed by atoms with Gasteiger partial charge in [-0.05, 0) is 42.7 Å². The van der Waals surface area contributed by atoms with Gasteiger partial charge in [-0.2, -0.15) is 0 Å². The maximum Gasteiger partial charge on any atom is 0.316 e. The zero-order valence-electron chi connectivity index (χ0n) is 14.6. The van der Waals surface area contributed by atoms with Crippen LogP contribution in [-0.4, -0.2) is 36.6 Å². The Bertz CT molecular complexity index is 567. The minimum atomic E-state index is -0.557. The summed E-state index contributed by atoms with van der Waals surface area (Å²) in [5, 5.41) is 11.8. The fraction of sp³-hybridized carbons (Fsp3) is 0.579. The maximum atomic E-state index is 12.6. The summed E-state index contributed by atoms with van der Waals surface area (Å²) in [6, 6.07) is 7.79. The van der Waals surface area contributed by atoms with E-state index in [0.29, 0.717) is 25.4 Å². The Morgan fingerprint density at radius 1 is 1.33 bits per heavy atom. The normalized spacial score (nSPS) is 18.0. The average Bonchev–Trinajstić information content (AvgIpc) is 2.60. The van der Waals surface area contributed by atoms with Crippen LogP contribution in [0.25, 0.3) is 0 Å². The summed E-state index contributed by atoms with van der Waals surface area (Å²) in [6.07, 6.45) is 3.43. The van der Waals surface area contributed by atoms with Crippen LogP contribution in [0.3, 0.4) is 0 Å². The molecule has 0 saturated carbocycles. The summed E-state index contributed by atoms with van der Waals surface area (Å²) in [5.41, 5.74) is 1.96. The minimum absolute atomic E-state index is 0.103. The number of nitrogens with one attached hydrogen (secondary N) is 1. The average molecular weight is 332 g/mol. The molecule has 2 N–H and O–H groups in total. The summed E-state index contributed by atoms with van der Waals surface area (Å²) in [5.74, 6) is -0.441. The molecule has 0 aromatic heterocycles. The van der Waals surface area contributed by atoms with Gasteiger partial charge in [-0.15, -0.1) is 0 Å². The van der Waals surface area contributed by atoms with Gasteiger partial charge in [0.2, 0.25) is 0 Å². The second kappa shape index (κ2) is 8.83. The first-order chi connectivity index (χ1) is 11.6. The predicted octanol–water partition coefficient (Wildman–Crippen LogP) is 2.44. The van der Waals surface area contributed by atoms with E-state index in [-0.39, 0.29) is 12.5 Å². The van der Waals surface area contributed by atoms with Crippen LogP contribution in [0.15, 0.2) is 24.3 Å². The van der Waals surface area contributed by atoms with Crippen molar-refractivity contribution in [3.8, 4) is 0 Å². The Morgan fingerprint density at radius 3 is 2.79 bits per heavy atom. The first kappa shape index (κ1) is 18.5. The van der Waals surface area contributed by atoms with Gasteiger partial charge in [0.05, 0.1) is 0 Å². The number of benzene rings is 1. The molecule has 1 heterocycles. The second-order valence-corrected chi connectivity index (χ2v) is 6.58. The zero-order chi connectivity index (χ0) is 17.5. The first-order valence-corrected chi connectivity index (χ1v) is 8.87. The van der Waals surface area contributed by atoms with Gasteiger partial charge in [-0.1, -0.05) is 38.5 Å². The summed E-state index contributed by atoms with van der Waals surface area (Å²) < 4.78 is 0. The lowest BCUT2D eigenvalue weighted by Crippen LogP contribution is -2.46. The Hall–Kier alpha value is -1.88. The Balaban J connectivity index is 2.01. The Morgan fingerprint density at radius 2 is 2.08 bits per heavy atom. The minimum Gasteiger partial charge on any atom is -0.396 e. The van der Waals surface area contributed by atoms with Crippen LogP contribution in [0, 0.1) is 5.92 Å². The topological polar surface area (TPSA) is 69.6 Å². The molecule has 1 aliphatic rings. The van der Waals surface area contributed by atoms with Crippen LogP contribution >= 0.6 is 0 Å². The molecule has 1 aromatic carbocycles. The fourth-order valence-corrected chi connectivity index (χ4v) is 3.33. The molecule has 0 bridgehead atoms. The smallest absolute Gasteiger partial charge is 0.316 e. The Kier molecular flexibility index (Phi) is 6.79. The molecule has 1 aromatic rings. The van der Waals surface area contributed by atoms with E-state index in [1.165, 1.54) is 0 Å². The van der Waals surface area contributed by atoms with Gasteiger partial charge in [0, 0.05) is 25.4 Å². The monoisotopic (exact) mass is 332 g/mol. The fourth-order valence-electron chi connectivity index (χ4n) is 3.33. The molecule has 5 heteroatoms. The molecule has 0 radical (unpaired) electrons. The number of carbonyl (C=O) groups excluding carboxylic acids is 2. The summed E-state index contributed by atoms with van der Waals surface area (Å²) in [6.45, 7) is 5.32. The van der Waals surface area contributed by atoms with Gasteiger partial charge >= 0.3 is 11.8 Å². The highest BCUT2D eigenvalue weighted by Gasteiger charge is 2.29. The van der Waals surface area contributed by atoms with Crippen molar-refractivity contribution >= 4 is 17.5 Å². The number of anilines is 1. The van der Waals surface area contributed by atoms with Crippen molar-refractivity contribution in [1.29, 1.82) is 0 Å². The third-order valence-electron chi connectivity index (χ3n) is 4.77. The molecule has 0 fully saturated rings. The number of fused-ring (bicyclic) bond motifs is 1. The predicted molar refractivity (Wildman–Crippen MR) is 94.9 cm³/mol. The molecule has 0 aliphatic carbocycles. The number of hydrogen-bond acceptors (Lipinski definition) is 3. The van der Waals surface area contributed by atoms with Gasteiger partial charge in [0.15, 0.2) is 0 Å². The van der Waals surface area contributed by atoms with Gasteiger partial charge in [-0.3, -0.25) is 9.59 Å². The van der Waals surface area contributed by atoms with Crippen LogP contribution < -0.4 is 10.2 Å². The van der Waals surface area contributed by atoms with Crippen molar-refractivity contribution in [1.82, 2.24) is 5.32 Å². The van der Waals surface area contributed by atoms with Crippen molar-refractivity contribution in [2.24, 2.45) is 5.92 Å². The van der Waals surface area contributed by atoms with Crippen LogP contribution in [0.4, 0.5) is 5.69 Å². The van der Waals surface area contributed by atoms with E-state index in [9.17, 15) is 9.59 Å². The number of carbonyl (C=O) groups is 2. The lowest BCUT2D eigenvalue weighted by atomic mass is 9.91. The summed E-state index contributed by atoms with van der Waals surface area (Å²) >= 11 is 0. The highest BCUT2D eigenvalue weighted by molar-refractivity contribution is 6.40. The number of rotatable bonds is 6. The lowest BCUT2D eigenvalue weighted by Gasteiger charge is -2.32. The molecule has 2 rings (SSSR count). The molecule has 0 saturated heterocycles. The van der Waals surface area contributed by atoms with E-state index in [2.05, 4.69) is 19.2 Å². The van der Waals surface area contributed by atoms with Crippen LogP contribution in [0.1, 0.15) is 51.0 Å². The highest BCUT2D eigenvalue weighted by atomic mass is 16.3. The molecular formula is C19H28N2O3. The second-order valence-electron chi connectivity index (χ2n) is 6.58. The Labute approximate surface area is 144 Å². The molecule has 2 unspecified atom stereocenters. The largest absolute Gasteiger partial charge is 0.396 e. The standard InChI is InChI=1S/C19H28N2O3/c1-3-6-15(10-12-22)13-20-18(23)19(24)21-11-9-14(2)16-7-4-5-8-17(16)21/h4-5,7-8,14-15,22H,3,6,9-13H2,1-2H3,(H,20,23). The molecule has 2 amide bonds. The number of hydrogen-bond donors (Lipinski definition) is 2. The summed E-state index contributed by atoms with van der Waals surface area (Å²) in [4.78, 5) is 26.4. The lowest BCUT2D eigenvalue weighted by molar-refractivity contribution is -0.137. The van der Waals surface area contributed by atoms with E-state index in [0.717, 1.165) is 30.5 Å². The molecule has 132 valence electrons. The molecule has 5 nitrogen and oxygen atoms in total. The maximum absolute atomic E-state index is 12.6. The van der Waals surface area contributed by atoms with Crippen LogP contribution in [0.2, 0.25) is 0 Å². The van der Waals surface area contributed by atoms with E-state index >= 15 is 0 Å². The van der Waals surface area contributed by atoms with E-state index in [1.54, 1.807) is 4.90 Å². The number of para-hydroxylation sites is 1. The SMILES string of the molecule is CCCC(CCO)CNC(=O)C(=O)N1CCC(C)c2ccccc21. The quantitative estimate of drug-likeness (QED) is 0.786. The van der Waals surface area contributed by atoms with E-state index < -0.39 is 11.8 Å².